The molecule has 1 heterocycles. The van der Waals surface area contributed by atoms with Gasteiger partial charge in [0.15, 0.2) is 6.10 Å². The Morgan fingerprint density at radius 3 is 2.64 bits per heavy atom. The van der Waals surface area contributed by atoms with Crippen molar-refractivity contribution >= 4 is 29.9 Å². The monoisotopic (exact) mass is 401 g/mol. The number of hydrogen-bond donors (Lipinski definition) is 3. The van der Waals surface area contributed by atoms with E-state index < -0.39 is 6.10 Å². The summed E-state index contributed by atoms with van der Waals surface area (Å²) in [6.45, 7) is 0.437. The third-order valence-electron chi connectivity index (χ3n) is 5.09. The molecule has 4 N–H and O–H groups in total. The van der Waals surface area contributed by atoms with Gasteiger partial charge in [0.2, 0.25) is 0 Å². The van der Waals surface area contributed by atoms with Crippen molar-refractivity contribution in [2.24, 2.45) is 11.7 Å². The predicted octanol–water partition coefficient (Wildman–Crippen LogP) is 2.52. The van der Waals surface area contributed by atoms with Crippen LogP contribution in [0.25, 0.3) is 0 Å². The molecule has 0 spiro atoms. The maximum absolute atomic E-state index is 12.5. The molecular weight excluding hydrogens is 378 g/mol. The van der Waals surface area contributed by atoms with Gasteiger partial charge >= 0.3 is 0 Å². The summed E-state index contributed by atoms with van der Waals surface area (Å²) in [5, 5.41) is 5.84. The highest BCUT2D eigenvalue weighted by molar-refractivity contribution is 5.98. The van der Waals surface area contributed by atoms with Gasteiger partial charge in [-0.15, -0.1) is 12.4 Å². The van der Waals surface area contributed by atoms with Crippen molar-refractivity contribution in [3.8, 4) is 5.75 Å². The van der Waals surface area contributed by atoms with Gasteiger partial charge in [0.05, 0.1) is 0 Å². The van der Waals surface area contributed by atoms with E-state index in [4.69, 9.17) is 10.5 Å². The van der Waals surface area contributed by atoms with Crippen molar-refractivity contribution in [3.05, 3.63) is 59.7 Å². The van der Waals surface area contributed by atoms with Crippen LogP contribution in [0.3, 0.4) is 0 Å². The third-order valence-corrected chi connectivity index (χ3v) is 5.09. The van der Waals surface area contributed by atoms with Crippen LogP contribution >= 0.6 is 12.4 Å². The van der Waals surface area contributed by atoms with Gasteiger partial charge in [-0.05, 0) is 48.6 Å². The van der Waals surface area contributed by atoms with Crippen molar-refractivity contribution in [1.82, 2.24) is 5.32 Å². The number of rotatable bonds is 6. The lowest BCUT2D eigenvalue weighted by atomic mass is 10.1. The highest BCUT2D eigenvalue weighted by Crippen LogP contribution is 2.32. The molecule has 6 nitrogen and oxygen atoms in total. The number of nitrogens with two attached hydrogens (primary N) is 1. The molecule has 2 aliphatic rings. The summed E-state index contributed by atoms with van der Waals surface area (Å²) in [7, 11) is 0. The van der Waals surface area contributed by atoms with Crippen molar-refractivity contribution in [3.63, 3.8) is 0 Å². The first-order valence-corrected chi connectivity index (χ1v) is 9.30. The number of anilines is 1. The van der Waals surface area contributed by atoms with E-state index in [1.165, 1.54) is 0 Å². The van der Waals surface area contributed by atoms with E-state index in [-0.39, 0.29) is 30.3 Å². The molecule has 1 aliphatic heterocycles. The molecule has 1 aliphatic carbocycles. The zero-order chi connectivity index (χ0) is 18.8. The van der Waals surface area contributed by atoms with Gasteiger partial charge < -0.3 is 21.1 Å². The number of benzene rings is 2. The molecule has 2 unspecified atom stereocenters. The molecule has 4 rings (SSSR count). The normalized spacial score (nSPS) is 18.2. The quantitative estimate of drug-likeness (QED) is 0.693. The van der Waals surface area contributed by atoms with Crippen molar-refractivity contribution < 1.29 is 14.3 Å². The molecule has 0 saturated heterocycles. The average molecular weight is 402 g/mol. The second-order valence-electron chi connectivity index (χ2n) is 7.14. The molecular formula is C21H24ClN3O3. The number of halogens is 1. The van der Waals surface area contributed by atoms with Crippen LogP contribution < -0.4 is 21.1 Å². The SMILES string of the molecule is Cl.NCC(NC(=O)c1cccc(NC(=O)C2Cc3ccccc3O2)c1)C1CC1. The number of fused-ring (bicyclic) bond motifs is 1. The number of para-hydroxylation sites is 1. The van der Waals surface area contributed by atoms with E-state index in [1.807, 2.05) is 24.3 Å². The zero-order valence-electron chi connectivity index (χ0n) is 15.4. The summed E-state index contributed by atoms with van der Waals surface area (Å²) in [6, 6.07) is 14.6. The van der Waals surface area contributed by atoms with Crippen molar-refractivity contribution in [2.75, 3.05) is 11.9 Å². The van der Waals surface area contributed by atoms with Crippen LogP contribution in [0.1, 0.15) is 28.8 Å². The smallest absolute Gasteiger partial charge is 0.265 e. The fraction of sp³-hybridized carbons (Fsp3) is 0.333. The Morgan fingerprint density at radius 2 is 1.93 bits per heavy atom. The summed E-state index contributed by atoms with van der Waals surface area (Å²) in [4.78, 5) is 25.0. The van der Waals surface area contributed by atoms with Crippen LogP contribution in [0.5, 0.6) is 5.75 Å². The van der Waals surface area contributed by atoms with E-state index in [0.29, 0.717) is 30.1 Å². The molecule has 28 heavy (non-hydrogen) atoms. The molecule has 1 fully saturated rings. The van der Waals surface area contributed by atoms with Crippen LogP contribution in [0, 0.1) is 5.92 Å². The Labute approximate surface area is 170 Å². The Kier molecular flexibility index (Phi) is 6.21. The maximum Gasteiger partial charge on any atom is 0.265 e. The summed E-state index contributed by atoms with van der Waals surface area (Å²) in [5.41, 5.74) is 7.86. The van der Waals surface area contributed by atoms with Gasteiger partial charge in [-0.1, -0.05) is 24.3 Å². The number of carbonyl (C=O) groups is 2. The Bertz CT molecular complexity index is 844. The molecule has 7 heteroatoms. The number of carbonyl (C=O) groups excluding carboxylic acids is 2. The number of amides is 2. The van der Waals surface area contributed by atoms with Gasteiger partial charge in [-0.3, -0.25) is 9.59 Å². The minimum Gasteiger partial charge on any atom is -0.480 e. The second kappa shape index (κ2) is 8.63. The van der Waals surface area contributed by atoms with Crippen molar-refractivity contribution in [1.29, 1.82) is 0 Å². The Morgan fingerprint density at radius 1 is 1.14 bits per heavy atom. The number of hydrogen-bond acceptors (Lipinski definition) is 4. The van der Waals surface area contributed by atoms with E-state index >= 15 is 0 Å². The summed E-state index contributed by atoms with van der Waals surface area (Å²) >= 11 is 0. The van der Waals surface area contributed by atoms with Crippen LogP contribution in [0.15, 0.2) is 48.5 Å². The first-order chi connectivity index (χ1) is 13.1. The molecule has 2 atom stereocenters. The van der Waals surface area contributed by atoms with Gasteiger partial charge in [-0.25, -0.2) is 0 Å². The van der Waals surface area contributed by atoms with Crippen LogP contribution in [-0.2, 0) is 11.2 Å². The zero-order valence-corrected chi connectivity index (χ0v) is 16.2. The Balaban J connectivity index is 0.00000225. The molecule has 2 aromatic carbocycles. The largest absolute Gasteiger partial charge is 0.480 e. The first-order valence-electron chi connectivity index (χ1n) is 9.30. The van der Waals surface area contributed by atoms with E-state index in [0.717, 1.165) is 24.2 Å². The van der Waals surface area contributed by atoms with E-state index in [1.54, 1.807) is 24.3 Å². The lowest BCUT2D eigenvalue weighted by Crippen LogP contribution is -2.41. The molecule has 1 saturated carbocycles. The summed E-state index contributed by atoms with van der Waals surface area (Å²) < 4.78 is 5.71. The topological polar surface area (TPSA) is 93.5 Å². The van der Waals surface area contributed by atoms with Crippen LogP contribution in [0.2, 0.25) is 0 Å². The first kappa shape index (κ1) is 20.2. The number of nitrogens with one attached hydrogen (secondary N) is 2. The van der Waals surface area contributed by atoms with Crippen LogP contribution in [0.4, 0.5) is 5.69 Å². The highest BCUT2D eigenvalue weighted by Gasteiger charge is 2.31. The minimum absolute atomic E-state index is 0. The highest BCUT2D eigenvalue weighted by atomic mass is 35.5. The Hall–Kier alpha value is -2.57. The molecule has 0 aromatic heterocycles. The lowest BCUT2D eigenvalue weighted by Gasteiger charge is -2.16. The van der Waals surface area contributed by atoms with Gasteiger partial charge in [0.1, 0.15) is 5.75 Å². The lowest BCUT2D eigenvalue weighted by molar-refractivity contribution is -0.122. The van der Waals surface area contributed by atoms with E-state index in [2.05, 4.69) is 10.6 Å². The van der Waals surface area contributed by atoms with Gasteiger partial charge in [-0.2, -0.15) is 0 Å². The molecule has 0 bridgehead atoms. The minimum atomic E-state index is -0.559. The van der Waals surface area contributed by atoms with Crippen LogP contribution in [-0.4, -0.2) is 30.5 Å². The third kappa shape index (κ3) is 4.46. The average Bonchev–Trinajstić information content (AvgIpc) is 3.43. The molecule has 0 radical (unpaired) electrons. The van der Waals surface area contributed by atoms with Gasteiger partial charge in [0, 0.05) is 30.3 Å². The van der Waals surface area contributed by atoms with E-state index in [9.17, 15) is 9.59 Å². The predicted molar refractivity (Wildman–Crippen MR) is 110 cm³/mol. The number of ether oxygens (including phenoxy) is 1. The standard InChI is InChI=1S/C21H23N3O3.ClH/c22-12-17(13-8-9-13)24-20(25)15-5-3-6-16(10-15)23-21(26)19-11-14-4-1-2-7-18(14)27-19;/h1-7,10,13,17,19H,8-9,11-12,22H2,(H,23,26)(H,24,25);1H. The summed E-state index contributed by atoms with van der Waals surface area (Å²) in [5.74, 6) is 0.848. The summed E-state index contributed by atoms with van der Waals surface area (Å²) in [6.07, 6.45) is 2.21. The second-order valence-corrected chi connectivity index (χ2v) is 7.14. The molecule has 2 amide bonds. The van der Waals surface area contributed by atoms with Gasteiger partial charge in [0.25, 0.3) is 11.8 Å². The molecule has 148 valence electrons. The van der Waals surface area contributed by atoms with Crippen molar-refractivity contribution in [2.45, 2.75) is 31.4 Å². The fourth-order valence-corrected chi connectivity index (χ4v) is 3.41. The maximum atomic E-state index is 12.5. The molecule has 2 aromatic rings. The fourth-order valence-electron chi connectivity index (χ4n) is 3.41.